The van der Waals surface area contributed by atoms with Gasteiger partial charge in [0.1, 0.15) is 0 Å². The fraction of sp³-hybridized carbons (Fsp3) is 0.818. The average Bonchev–Trinajstić information content (AvgIpc) is 2.23. The number of rotatable bonds is 8. The summed E-state index contributed by atoms with van der Waals surface area (Å²) in [6.45, 7) is 4.75. The molecule has 0 saturated heterocycles. The average molecular weight is 230 g/mol. The predicted octanol–water partition coefficient (Wildman–Crippen LogP) is 0.588. The Morgan fingerprint density at radius 1 is 1.38 bits per heavy atom. The van der Waals surface area contributed by atoms with Crippen LogP contribution in [-0.2, 0) is 9.59 Å². The minimum Gasteiger partial charge on any atom is -0.481 e. The molecule has 94 valence electrons. The molecule has 4 N–H and O–H groups in total. The number of carboxylic acids is 1. The van der Waals surface area contributed by atoms with Crippen LogP contribution in [0.5, 0.6) is 0 Å². The van der Waals surface area contributed by atoms with Gasteiger partial charge in [0.25, 0.3) is 0 Å². The molecule has 0 aromatic rings. The normalized spacial score (nSPS) is 14.2. The maximum Gasteiger partial charge on any atom is 0.303 e. The van der Waals surface area contributed by atoms with E-state index < -0.39 is 5.97 Å². The molecule has 5 nitrogen and oxygen atoms in total. The van der Waals surface area contributed by atoms with Crippen LogP contribution >= 0.6 is 0 Å². The van der Waals surface area contributed by atoms with Crippen LogP contribution in [-0.4, -0.2) is 30.1 Å². The van der Waals surface area contributed by atoms with Crippen molar-refractivity contribution in [1.29, 1.82) is 0 Å². The molecule has 2 unspecified atom stereocenters. The number of hydrogen-bond acceptors (Lipinski definition) is 3. The third-order valence-corrected chi connectivity index (χ3v) is 2.56. The third-order valence-electron chi connectivity index (χ3n) is 2.56. The first-order chi connectivity index (χ1) is 7.49. The molecule has 0 aromatic heterocycles. The maximum atomic E-state index is 11.4. The molecular weight excluding hydrogens is 208 g/mol. The van der Waals surface area contributed by atoms with E-state index in [-0.39, 0.29) is 24.2 Å². The molecule has 16 heavy (non-hydrogen) atoms. The van der Waals surface area contributed by atoms with Gasteiger partial charge >= 0.3 is 5.97 Å². The van der Waals surface area contributed by atoms with Crippen molar-refractivity contribution in [1.82, 2.24) is 5.32 Å². The Balaban J connectivity index is 3.83. The molecule has 0 aliphatic rings. The summed E-state index contributed by atoms with van der Waals surface area (Å²) in [5.41, 5.74) is 5.41. The SMILES string of the molecule is CCC(CNC(=O)CC(C)CN)CC(=O)O. The zero-order valence-corrected chi connectivity index (χ0v) is 10.0. The van der Waals surface area contributed by atoms with Crippen LogP contribution in [0.2, 0.25) is 0 Å². The topological polar surface area (TPSA) is 92.4 Å². The zero-order valence-electron chi connectivity index (χ0n) is 10.0. The van der Waals surface area contributed by atoms with Gasteiger partial charge in [-0.3, -0.25) is 9.59 Å². The molecule has 2 atom stereocenters. The fourth-order valence-corrected chi connectivity index (χ4v) is 1.34. The Bertz CT molecular complexity index is 231. The highest BCUT2D eigenvalue weighted by molar-refractivity contribution is 5.76. The van der Waals surface area contributed by atoms with Crippen molar-refractivity contribution in [3.63, 3.8) is 0 Å². The van der Waals surface area contributed by atoms with E-state index in [4.69, 9.17) is 10.8 Å². The van der Waals surface area contributed by atoms with Gasteiger partial charge in [0.15, 0.2) is 0 Å². The second-order valence-electron chi connectivity index (χ2n) is 4.22. The first-order valence-corrected chi connectivity index (χ1v) is 5.68. The van der Waals surface area contributed by atoms with Crippen LogP contribution in [0.1, 0.15) is 33.1 Å². The summed E-state index contributed by atoms with van der Waals surface area (Å²) >= 11 is 0. The number of aliphatic carboxylic acids is 1. The molecule has 0 aliphatic heterocycles. The summed E-state index contributed by atoms with van der Waals surface area (Å²) in [4.78, 5) is 21.9. The molecule has 5 heteroatoms. The van der Waals surface area contributed by atoms with Gasteiger partial charge in [-0.1, -0.05) is 20.3 Å². The number of nitrogens with one attached hydrogen (secondary N) is 1. The minimum absolute atomic E-state index is 0.00892. The molecule has 0 spiro atoms. The van der Waals surface area contributed by atoms with Gasteiger partial charge in [0, 0.05) is 19.4 Å². The van der Waals surface area contributed by atoms with Gasteiger partial charge in [-0.05, 0) is 18.4 Å². The van der Waals surface area contributed by atoms with Crippen molar-refractivity contribution in [3.05, 3.63) is 0 Å². The lowest BCUT2D eigenvalue weighted by Gasteiger charge is -2.14. The summed E-state index contributed by atoms with van der Waals surface area (Å²) in [5, 5.41) is 11.4. The Labute approximate surface area is 96.4 Å². The lowest BCUT2D eigenvalue weighted by Crippen LogP contribution is -2.32. The molecule has 0 rings (SSSR count). The second-order valence-corrected chi connectivity index (χ2v) is 4.22. The molecule has 0 aromatic carbocycles. The highest BCUT2D eigenvalue weighted by Gasteiger charge is 2.13. The van der Waals surface area contributed by atoms with Crippen molar-refractivity contribution in [2.45, 2.75) is 33.1 Å². The van der Waals surface area contributed by atoms with Crippen LogP contribution in [0.4, 0.5) is 0 Å². The van der Waals surface area contributed by atoms with Crippen LogP contribution in [0.3, 0.4) is 0 Å². The maximum absolute atomic E-state index is 11.4. The van der Waals surface area contributed by atoms with Crippen LogP contribution < -0.4 is 11.1 Å². The van der Waals surface area contributed by atoms with E-state index in [1.54, 1.807) is 0 Å². The van der Waals surface area contributed by atoms with E-state index in [1.807, 2.05) is 13.8 Å². The van der Waals surface area contributed by atoms with Crippen LogP contribution in [0, 0.1) is 11.8 Å². The van der Waals surface area contributed by atoms with E-state index in [0.29, 0.717) is 19.5 Å². The Morgan fingerprint density at radius 3 is 2.44 bits per heavy atom. The Morgan fingerprint density at radius 2 is 2.00 bits per heavy atom. The van der Waals surface area contributed by atoms with Gasteiger partial charge in [0.2, 0.25) is 5.91 Å². The number of carboxylic acid groups (broad SMARTS) is 1. The number of hydrogen-bond donors (Lipinski definition) is 3. The van der Waals surface area contributed by atoms with Crippen molar-refractivity contribution in [3.8, 4) is 0 Å². The molecule has 0 bridgehead atoms. The third kappa shape index (κ3) is 7.23. The second kappa shape index (κ2) is 8.10. The van der Waals surface area contributed by atoms with E-state index in [2.05, 4.69) is 5.32 Å². The van der Waals surface area contributed by atoms with Gasteiger partial charge in [0.05, 0.1) is 0 Å². The van der Waals surface area contributed by atoms with Crippen molar-refractivity contribution in [2.75, 3.05) is 13.1 Å². The minimum atomic E-state index is -0.823. The summed E-state index contributed by atoms with van der Waals surface area (Å²) < 4.78 is 0. The van der Waals surface area contributed by atoms with Crippen LogP contribution in [0.25, 0.3) is 0 Å². The number of nitrogens with two attached hydrogens (primary N) is 1. The van der Waals surface area contributed by atoms with Gasteiger partial charge in [-0.2, -0.15) is 0 Å². The number of carbonyl (C=O) groups excluding carboxylic acids is 1. The quantitative estimate of drug-likeness (QED) is 0.569. The van der Waals surface area contributed by atoms with Crippen molar-refractivity contribution >= 4 is 11.9 Å². The molecule has 0 heterocycles. The van der Waals surface area contributed by atoms with Gasteiger partial charge in [-0.25, -0.2) is 0 Å². The summed E-state index contributed by atoms with van der Waals surface area (Å²) in [6.07, 6.45) is 1.25. The lowest BCUT2D eigenvalue weighted by atomic mass is 10.0. The molecule has 1 amide bonds. The molecular formula is C11H22N2O3. The summed E-state index contributed by atoms with van der Waals surface area (Å²) in [7, 11) is 0. The van der Waals surface area contributed by atoms with Crippen molar-refractivity contribution < 1.29 is 14.7 Å². The van der Waals surface area contributed by atoms with E-state index in [9.17, 15) is 9.59 Å². The van der Waals surface area contributed by atoms with E-state index in [0.717, 1.165) is 6.42 Å². The Kier molecular flexibility index (Phi) is 7.54. The lowest BCUT2D eigenvalue weighted by molar-refractivity contribution is -0.138. The van der Waals surface area contributed by atoms with Gasteiger partial charge < -0.3 is 16.2 Å². The molecule has 0 radical (unpaired) electrons. The number of carbonyl (C=O) groups is 2. The predicted molar refractivity (Wildman–Crippen MR) is 61.9 cm³/mol. The standard InChI is InChI=1S/C11H22N2O3/c1-3-9(5-11(15)16)7-13-10(14)4-8(2)6-12/h8-9H,3-7,12H2,1-2H3,(H,13,14)(H,15,16). The first kappa shape index (κ1) is 14.9. The molecule has 0 aliphatic carbocycles. The Hall–Kier alpha value is -1.10. The zero-order chi connectivity index (χ0) is 12.6. The highest BCUT2D eigenvalue weighted by Crippen LogP contribution is 2.07. The van der Waals surface area contributed by atoms with E-state index >= 15 is 0 Å². The molecule has 0 fully saturated rings. The summed E-state index contributed by atoms with van der Waals surface area (Å²) in [5.74, 6) is -0.701. The van der Waals surface area contributed by atoms with Crippen molar-refractivity contribution in [2.24, 2.45) is 17.6 Å². The van der Waals surface area contributed by atoms with Crippen LogP contribution in [0.15, 0.2) is 0 Å². The van der Waals surface area contributed by atoms with E-state index in [1.165, 1.54) is 0 Å². The summed E-state index contributed by atoms with van der Waals surface area (Å²) in [6, 6.07) is 0. The monoisotopic (exact) mass is 230 g/mol. The largest absolute Gasteiger partial charge is 0.481 e. The molecule has 0 saturated carbocycles. The first-order valence-electron chi connectivity index (χ1n) is 5.68. The van der Waals surface area contributed by atoms with Gasteiger partial charge in [-0.15, -0.1) is 0 Å². The number of amides is 1. The highest BCUT2D eigenvalue weighted by atomic mass is 16.4. The smallest absolute Gasteiger partial charge is 0.303 e. The fourth-order valence-electron chi connectivity index (χ4n) is 1.34.